The van der Waals surface area contributed by atoms with Gasteiger partial charge in [-0.25, -0.2) is 0 Å². The zero-order valence-electron chi connectivity index (χ0n) is 9.41. The van der Waals surface area contributed by atoms with Crippen LogP contribution >= 0.6 is 11.8 Å². The topological polar surface area (TPSA) is 29.1 Å². The van der Waals surface area contributed by atoms with Gasteiger partial charge in [0.15, 0.2) is 5.78 Å². The quantitative estimate of drug-likeness (QED) is 0.778. The molecule has 3 heteroatoms. The minimum Gasteiger partial charge on any atom is -0.382 e. The number of carbonyl (C=O) groups is 1. The van der Waals surface area contributed by atoms with Crippen molar-refractivity contribution in [2.75, 3.05) is 17.3 Å². The Bertz CT molecular complexity index is 321. The van der Waals surface area contributed by atoms with Crippen LogP contribution in [0.2, 0.25) is 0 Å². The molecule has 82 valence electrons. The van der Waals surface area contributed by atoms with Crippen molar-refractivity contribution in [2.24, 2.45) is 0 Å². The largest absolute Gasteiger partial charge is 0.382 e. The summed E-state index contributed by atoms with van der Waals surface area (Å²) >= 11 is 1.82. The lowest BCUT2D eigenvalue weighted by Gasteiger charge is -2.13. The number of carbonyl (C=O) groups excluding carboxylic acids is 1. The molecule has 0 spiro atoms. The zero-order chi connectivity index (χ0) is 11.3. The zero-order valence-corrected chi connectivity index (χ0v) is 10.2. The van der Waals surface area contributed by atoms with Crippen molar-refractivity contribution in [3.05, 3.63) is 29.8 Å². The SMILES string of the molecule is CSCC(C)Nc1ccc(C(C)=O)cc1. The molecule has 0 fully saturated rings. The third-order valence-electron chi connectivity index (χ3n) is 2.12. The van der Waals surface area contributed by atoms with Crippen LogP contribution < -0.4 is 5.32 Å². The first kappa shape index (κ1) is 12.1. The minimum absolute atomic E-state index is 0.110. The van der Waals surface area contributed by atoms with E-state index in [4.69, 9.17) is 0 Å². The van der Waals surface area contributed by atoms with Gasteiger partial charge in [-0.2, -0.15) is 11.8 Å². The van der Waals surface area contributed by atoms with Crippen LogP contribution in [0.5, 0.6) is 0 Å². The molecular formula is C12H17NOS. The van der Waals surface area contributed by atoms with E-state index in [1.807, 2.05) is 36.0 Å². The van der Waals surface area contributed by atoms with Crippen molar-refractivity contribution >= 4 is 23.2 Å². The van der Waals surface area contributed by atoms with Gasteiger partial charge in [0.05, 0.1) is 0 Å². The Morgan fingerprint density at radius 1 is 1.40 bits per heavy atom. The Hall–Kier alpha value is -0.960. The summed E-state index contributed by atoms with van der Waals surface area (Å²) in [5.41, 5.74) is 1.83. The summed E-state index contributed by atoms with van der Waals surface area (Å²) in [6.45, 7) is 3.73. The first-order valence-electron chi connectivity index (χ1n) is 5.00. The van der Waals surface area contributed by atoms with Crippen LogP contribution in [0.1, 0.15) is 24.2 Å². The highest BCUT2D eigenvalue weighted by Crippen LogP contribution is 2.12. The number of hydrogen-bond donors (Lipinski definition) is 1. The predicted octanol–water partition coefficient (Wildman–Crippen LogP) is 3.05. The van der Waals surface area contributed by atoms with Gasteiger partial charge in [-0.15, -0.1) is 0 Å². The van der Waals surface area contributed by atoms with Crippen LogP contribution in [0.15, 0.2) is 24.3 Å². The summed E-state index contributed by atoms with van der Waals surface area (Å²) in [5, 5.41) is 3.38. The van der Waals surface area contributed by atoms with Crippen LogP contribution in [-0.4, -0.2) is 23.8 Å². The maximum absolute atomic E-state index is 11.1. The lowest BCUT2D eigenvalue weighted by Crippen LogP contribution is -2.17. The molecule has 1 aromatic rings. The van der Waals surface area contributed by atoms with Gasteiger partial charge in [-0.3, -0.25) is 4.79 Å². The Labute approximate surface area is 95.5 Å². The second-order valence-electron chi connectivity index (χ2n) is 3.63. The van der Waals surface area contributed by atoms with E-state index >= 15 is 0 Å². The summed E-state index contributed by atoms with van der Waals surface area (Å²) in [7, 11) is 0. The molecule has 0 radical (unpaired) electrons. The van der Waals surface area contributed by atoms with Crippen LogP contribution in [-0.2, 0) is 0 Å². The van der Waals surface area contributed by atoms with Gasteiger partial charge in [0.25, 0.3) is 0 Å². The number of thioether (sulfide) groups is 1. The molecule has 1 atom stereocenters. The summed E-state index contributed by atoms with van der Waals surface area (Å²) in [6.07, 6.45) is 2.09. The molecule has 0 saturated carbocycles. The summed E-state index contributed by atoms with van der Waals surface area (Å²) in [5.74, 6) is 1.19. The van der Waals surface area contributed by atoms with E-state index in [1.165, 1.54) is 0 Å². The van der Waals surface area contributed by atoms with E-state index in [0.717, 1.165) is 17.0 Å². The summed E-state index contributed by atoms with van der Waals surface area (Å²) in [6, 6.07) is 8.07. The van der Waals surface area contributed by atoms with Crippen LogP contribution in [0.25, 0.3) is 0 Å². The molecule has 15 heavy (non-hydrogen) atoms. The standard InChI is InChI=1S/C12H17NOS/c1-9(8-15-3)13-12-6-4-11(5-7-12)10(2)14/h4-7,9,13H,8H2,1-3H3. The highest BCUT2D eigenvalue weighted by molar-refractivity contribution is 7.98. The fraction of sp³-hybridized carbons (Fsp3) is 0.417. The fourth-order valence-corrected chi connectivity index (χ4v) is 1.96. The maximum atomic E-state index is 11.1. The van der Waals surface area contributed by atoms with Crippen LogP contribution in [0.3, 0.4) is 0 Å². The third-order valence-corrected chi connectivity index (χ3v) is 2.95. The van der Waals surface area contributed by atoms with E-state index in [0.29, 0.717) is 6.04 Å². The fourth-order valence-electron chi connectivity index (χ4n) is 1.38. The molecule has 0 bridgehead atoms. The van der Waals surface area contributed by atoms with Crippen molar-refractivity contribution in [3.63, 3.8) is 0 Å². The highest BCUT2D eigenvalue weighted by atomic mass is 32.2. The lowest BCUT2D eigenvalue weighted by atomic mass is 10.1. The monoisotopic (exact) mass is 223 g/mol. The van der Waals surface area contributed by atoms with Gasteiger partial charge in [0, 0.05) is 23.0 Å². The first-order chi connectivity index (χ1) is 7.13. The summed E-state index contributed by atoms with van der Waals surface area (Å²) < 4.78 is 0. The number of rotatable bonds is 5. The number of anilines is 1. The van der Waals surface area contributed by atoms with E-state index in [-0.39, 0.29) is 5.78 Å². The van der Waals surface area contributed by atoms with Gasteiger partial charge in [-0.05, 0) is 44.4 Å². The number of Topliss-reactive ketones (excluding diaryl/α,β-unsaturated/α-hetero) is 1. The van der Waals surface area contributed by atoms with Crippen LogP contribution in [0.4, 0.5) is 5.69 Å². The number of hydrogen-bond acceptors (Lipinski definition) is 3. The number of benzene rings is 1. The molecule has 0 aliphatic heterocycles. The molecule has 0 aliphatic carbocycles. The van der Waals surface area contributed by atoms with Crippen molar-refractivity contribution in [1.82, 2.24) is 0 Å². The van der Waals surface area contributed by atoms with Crippen LogP contribution in [0, 0.1) is 0 Å². The van der Waals surface area contributed by atoms with Crippen molar-refractivity contribution < 1.29 is 4.79 Å². The van der Waals surface area contributed by atoms with Gasteiger partial charge < -0.3 is 5.32 Å². The van der Waals surface area contributed by atoms with Gasteiger partial charge in [-0.1, -0.05) is 0 Å². The predicted molar refractivity (Wildman–Crippen MR) is 67.9 cm³/mol. The highest BCUT2D eigenvalue weighted by Gasteiger charge is 2.02. The third kappa shape index (κ3) is 3.96. The van der Waals surface area contributed by atoms with Crippen molar-refractivity contribution in [1.29, 1.82) is 0 Å². The number of ketones is 1. The molecule has 1 rings (SSSR count). The molecule has 0 saturated heterocycles. The smallest absolute Gasteiger partial charge is 0.159 e. The molecule has 0 aliphatic rings. The normalized spacial score (nSPS) is 12.2. The van der Waals surface area contributed by atoms with Gasteiger partial charge in [0.1, 0.15) is 0 Å². The van der Waals surface area contributed by atoms with E-state index < -0.39 is 0 Å². The Morgan fingerprint density at radius 3 is 2.47 bits per heavy atom. The molecule has 0 aromatic heterocycles. The Balaban J connectivity index is 2.60. The van der Waals surface area contributed by atoms with E-state index in [9.17, 15) is 4.79 Å². The second kappa shape index (κ2) is 5.81. The van der Waals surface area contributed by atoms with E-state index in [1.54, 1.807) is 6.92 Å². The molecule has 1 unspecified atom stereocenters. The Morgan fingerprint density at radius 2 is 2.00 bits per heavy atom. The molecule has 1 aromatic carbocycles. The Kier molecular flexibility index (Phi) is 4.69. The van der Waals surface area contributed by atoms with E-state index in [2.05, 4.69) is 18.5 Å². The molecular weight excluding hydrogens is 206 g/mol. The average Bonchev–Trinajstić information content (AvgIpc) is 2.18. The van der Waals surface area contributed by atoms with Gasteiger partial charge in [0.2, 0.25) is 0 Å². The molecule has 0 amide bonds. The number of nitrogens with one attached hydrogen (secondary N) is 1. The maximum Gasteiger partial charge on any atom is 0.159 e. The van der Waals surface area contributed by atoms with Gasteiger partial charge >= 0.3 is 0 Å². The summed E-state index contributed by atoms with van der Waals surface area (Å²) in [4.78, 5) is 11.1. The first-order valence-corrected chi connectivity index (χ1v) is 6.39. The molecule has 2 nitrogen and oxygen atoms in total. The van der Waals surface area contributed by atoms with Crippen molar-refractivity contribution in [3.8, 4) is 0 Å². The average molecular weight is 223 g/mol. The second-order valence-corrected chi connectivity index (χ2v) is 4.54. The molecule has 0 heterocycles. The van der Waals surface area contributed by atoms with Crippen molar-refractivity contribution in [2.45, 2.75) is 19.9 Å². The molecule has 1 N–H and O–H groups in total. The lowest BCUT2D eigenvalue weighted by molar-refractivity contribution is 0.101. The minimum atomic E-state index is 0.110.